The minimum Gasteiger partial charge on any atom is -0.496 e. The van der Waals surface area contributed by atoms with Crippen LogP contribution in [0.5, 0.6) is 17.2 Å². The number of ether oxygens (including phenoxy) is 3. The van der Waals surface area contributed by atoms with Crippen molar-refractivity contribution in [2.75, 3.05) is 27.9 Å². The molecule has 2 aromatic rings. The van der Waals surface area contributed by atoms with E-state index in [0.29, 0.717) is 23.8 Å². The van der Waals surface area contributed by atoms with Crippen molar-refractivity contribution in [3.63, 3.8) is 0 Å². The number of hydrogen-bond acceptors (Lipinski definition) is 5. The third kappa shape index (κ3) is 3.13. The zero-order chi connectivity index (χ0) is 15.2. The van der Waals surface area contributed by atoms with Crippen LogP contribution in [0.3, 0.4) is 0 Å². The molecule has 1 aromatic heterocycles. The molecule has 0 fully saturated rings. The molecule has 0 aliphatic carbocycles. The molecule has 0 amide bonds. The van der Waals surface area contributed by atoms with Crippen LogP contribution >= 0.6 is 0 Å². The molecule has 0 spiro atoms. The molecule has 0 unspecified atom stereocenters. The van der Waals surface area contributed by atoms with Crippen LogP contribution in [-0.4, -0.2) is 27.9 Å². The van der Waals surface area contributed by atoms with Crippen LogP contribution in [0.4, 0.5) is 0 Å². The molecular formula is C16H21NO4. The van der Waals surface area contributed by atoms with E-state index in [1.807, 2.05) is 18.2 Å². The van der Waals surface area contributed by atoms with Gasteiger partial charge in [0.05, 0.1) is 39.7 Å². The number of nitrogens with one attached hydrogen (secondary N) is 1. The Balaban J connectivity index is 2.54. The van der Waals surface area contributed by atoms with Crippen molar-refractivity contribution in [2.45, 2.75) is 13.5 Å². The monoisotopic (exact) mass is 291 g/mol. The maximum atomic E-state index is 5.57. The van der Waals surface area contributed by atoms with Gasteiger partial charge in [-0.15, -0.1) is 0 Å². The Morgan fingerprint density at radius 2 is 1.71 bits per heavy atom. The topological polar surface area (TPSA) is 52.9 Å². The molecule has 0 aliphatic heterocycles. The summed E-state index contributed by atoms with van der Waals surface area (Å²) < 4.78 is 21.8. The fraction of sp³-hybridized carbons (Fsp3) is 0.375. The molecule has 0 atom stereocenters. The largest absolute Gasteiger partial charge is 0.496 e. The maximum absolute atomic E-state index is 5.57. The molecule has 21 heavy (non-hydrogen) atoms. The first-order valence-corrected chi connectivity index (χ1v) is 6.82. The van der Waals surface area contributed by atoms with E-state index in [1.165, 1.54) is 0 Å². The molecule has 0 radical (unpaired) electrons. The molecule has 1 N–H and O–H groups in total. The van der Waals surface area contributed by atoms with Gasteiger partial charge in [-0.05, 0) is 12.6 Å². The van der Waals surface area contributed by atoms with Crippen molar-refractivity contribution < 1.29 is 18.6 Å². The summed E-state index contributed by atoms with van der Waals surface area (Å²) in [5, 5.41) is 3.26. The van der Waals surface area contributed by atoms with Crippen LogP contribution in [0.1, 0.15) is 12.7 Å². The summed E-state index contributed by atoms with van der Waals surface area (Å²) in [6.07, 6.45) is 1.67. The van der Waals surface area contributed by atoms with E-state index >= 15 is 0 Å². The Kier molecular flexibility index (Phi) is 5.11. The van der Waals surface area contributed by atoms with Crippen molar-refractivity contribution in [1.29, 1.82) is 0 Å². The minimum atomic E-state index is 0.650. The van der Waals surface area contributed by atoms with E-state index in [4.69, 9.17) is 18.6 Å². The van der Waals surface area contributed by atoms with E-state index in [0.717, 1.165) is 23.4 Å². The van der Waals surface area contributed by atoms with Gasteiger partial charge in [0.1, 0.15) is 23.0 Å². The van der Waals surface area contributed by atoms with Gasteiger partial charge in [0.2, 0.25) is 0 Å². The number of benzene rings is 1. The van der Waals surface area contributed by atoms with Gasteiger partial charge < -0.3 is 23.9 Å². The zero-order valence-electron chi connectivity index (χ0n) is 12.9. The van der Waals surface area contributed by atoms with Gasteiger partial charge in [-0.3, -0.25) is 0 Å². The normalized spacial score (nSPS) is 10.5. The third-order valence-electron chi connectivity index (χ3n) is 3.27. The highest BCUT2D eigenvalue weighted by atomic mass is 16.5. The second-order valence-corrected chi connectivity index (χ2v) is 4.44. The molecule has 0 saturated heterocycles. The van der Waals surface area contributed by atoms with Crippen molar-refractivity contribution in [1.82, 2.24) is 5.32 Å². The summed E-state index contributed by atoms with van der Waals surface area (Å²) >= 11 is 0. The third-order valence-corrected chi connectivity index (χ3v) is 3.27. The summed E-state index contributed by atoms with van der Waals surface area (Å²) in [5.41, 5.74) is 1.81. The SMILES string of the molecule is CCNCc1occc1-c1c(OC)cc(OC)cc1OC. The van der Waals surface area contributed by atoms with Gasteiger partial charge in [0.15, 0.2) is 0 Å². The Labute approximate surface area is 124 Å². The molecule has 1 heterocycles. The standard InChI is InChI=1S/C16H21NO4/c1-5-17-10-15-12(6-7-21-15)16-13(19-3)8-11(18-2)9-14(16)20-4/h6-9,17H,5,10H2,1-4H3. The highest BCUT2D eigenvalue weighted by Gasteiger charge is 2.19. The van der Waals surface area contributed by atoms with Crippen molar-refractivity contribution >= 4 is 0 Å². The number of furan rings is 1. The molecule has 5 heteroatoms. The molecule has 0 bridgehead atoms. The average molecular weight is 291 g/mol. The summed E-state index contributed by atoms with van der Waals surface area (Å²) in [7, 11) is 4.87. The van der Waals surface area contributed by atoms with Gasteiger partial charge in [-0.25, -0.2) is 0 Å². The highest BCUT2D eigenvalue weighted by molar-refractivity contribution is 5.79. The predicted molar refractivity (Wildman–Crippen MR) is 81.2 cm³/mol. The molecule has 2 rings (SSSR count). The van der Waals surface area contributed by atoms with Crippen LogP contribution in [0.25, 0.3) is 11.1 Å². The van der Waals surface area contributed by atoms with Crippen LogP contribution in [0.2, 0.25) is 0 Å². The van der Waals surface area contributed by atoms with Crippen LogP contribution in [0, 0.1) is 0 Å². The molecule has 114 valence electrons. The summed E-state index contributed by atoms with van der Waals surface area (Å²) in [5.74, 6) is 2.90. The van der Waals surface area contributed by atoms with Gasteiger partial charge in [0, 0.05) is 17.7 Å². The lowest BCUT2D eigenvalue weighted by atomic mass is 10.0. The summed E-state index contributed by atoms with van der Waals surface area (Å²) in [6, 6.07) is 5.59. The van der Waals surface area contributed by atoms with Crippen LogP contribution < -0.4 is 19.5 Å². The van der Waals surface area contributed by atoms with Crippen LogP contribution in [0.15, 0.2) is 28.9 Å². The second-order valence-electron chi connectivity index (χ2n) is 4.44. The molecular weight excluding hydrogens is 270 g/mol. The lowest BCUT2D eigenvalue weighted by Gasteiger charge is -2.15. The van der Waals surface area contributed by atoms with E-state index in [1.54, 1.807) is 27.6 Å². The van der Waals surface area contributed by atoms with E-state index < -0.39 is 0 Å². The number of methoxy groups -OCH3 is 3. The van der Waals surface area contributed by atoms with Crippen LogP contribution in [-0.2, 0) is 6.54 Å². The Bertz CT molecular complexity index is 567. The Morgan fingerprint density at radius 3 is 2.24 bits per heavy atom. The van der Waals surface area contributed by atoms with Crippen molar-refractivity contribution in [3.8, 4) is 28.4 Å². The zero-order valence-corrected chi connectivity index (χ0v) is 12.9. The van der Waals surface area contributed by atoms with Crippen molar-refractivity contribution in [3.05, 3.63) is 30.2 Å². The average Bonchev–Trinajstić information content (AvgIpc) is 2.99. The minimum absolute atomic E-state index is 0.650. The second kappa shape index (κ2) is 7.04. The first-order chi connectivity index (χ1) is 10.2. The lowest BCUT2D eigenvalue weighted by molar-refractivity contribution is 0.377. The van der Waals surface area contributed by atoms with Crippen molar-refractivity contribution in [2.24, 2.45) is 0 Å². The number of hydrogen-bond donors (Lipinski definition) is 1. The van der Waals surface area contributed by atoms with E-state index in [2.05, 4.69) is 12.2 Å². The number of rotatable bonds is 7. The highest BCUT2D eigenvalue weighted by Crippen LogP contribution is 2.43. The Hall–Kier alpha value is -2.14. The first-order valence-electron chi connectivity index (χ1n) is 6.82. The van der Waals surface area contributed by atoms with Gasteiger partial charge >= 0.3 is 0 Å². The first kappa shape index (κ1) is 15.3. The Morgan fingerprint density at radius 1 is 1.05 bits per heavy atom. The van der Waals surface area contributed by atoms with Gasteiger partial charge in [-0.2, -0.15) is 0 Å². The predicted octanol–water partition coefficient (Wildman–Crippen LogP) is 3.08. The summed E-state index contributed by atoms with van der Waals surface area (Å²) in [6.45, 7) is 3.57. The van der Waals surface area contributed by atoms with E-state index in [-0.39, 0.29) is 0 Å². The smallest absolute Gasteiger partial charge is 0.134 e. The molecule has 1 aromatic carbocycles. The summed E-state index contributed by atoms with van der Waals surface area (Å²) in [4.78, 5) is 0. The molecule has 0 aliphatic rings. The quantitative estimate of drug-likeness (QED) is 0.849. The van der Waals surface area contributed by atoms with E-state index in [9.17, 15) is 0 Å². The molecule has 0 saturated carbocycles. The maximum Gasteiger partial charge on any atom is 0.134 e. The lowest BCUT2D eigenvalue weighted by Crippen LogP contribution is -2.11. The molecule has 5 nitrogen and oxygen atoms in total. The van der Waals surface area contributed by atoms with Gasteiger partial charge in [-0.1, -0.05) is 6.92 Å². The van der Waals surface area contributed by atoms with Gasteiger partial charge in [0.25, 0.3) is 0 Å². The fourth-order valence-corrected chi connectivity index (χ4v) is 2.21. The fourth-order valence-electron chi connectivity index (χ4n) is 2.21.